The number of halogens is 2. The first-order valence-electron chi connectivity index (χ1n) is 5.69. The minimum Gasteiger partial charge on any atom is -0.399 e. The summed E-state index contributed by atoms with van der Waals surface area (Å²) in [6.07, 6.45) is 0. The Morgan fingerprint density at radius 1 is 1.14 bits per heavy atom. The summed E-state index contributed by atoms with van der Waals surface area (Å²) >= 11 is 0. The van der Waals surface area contributed by atoms with Crippen LogP contribution in [0, 0.1) is 21.7 Å². The number of hydrogen-bond donors (Lipinski definition) is 2. The van der Waals surface area contributed by atoms with Gasteiger partial charge in [0.25, 0.3) is 11.6 Å². The van der Waals surface area contributed by atoms with Gasteiger partial charge in [-0.1, -0.05) is 0 Å². The largest absolute Gasteiger partial charge is 0.399 e. The van der Waals surface area contributed by atoms with Crippen molar-refractivity contribution in [1.82, 2.24) is 0 Å². The smallest absolute Gasteiger partial charge is 0.271 e. The molecule has 21 heavy (non-hydrogen) atoms. The molecule has 0 aliphatic rings. The third-order valence-corrected chi connectivity index (χ3v) is 2.65. The summed E-state index contributed by atoms with van der Waals surface area (Å²) in [4.78, 5) is 21.7. The van der Waals surface area contributed by atoms with Gasteiger partial charge in [-0.2, -0.15) is 0 Å². The van der Waals surface area contributed by atoms with Gasteiger partial charge in [0, 0.05) is 17.8 Å². The monoisotopic (exact) mass is 293 g/mol. The van der Waals surface area contributed by atoms with Crippen LogP contribution < -0.4 is 11.1 Å². The van der Waals surface area contributed by atoms with Gasteiger partial charge >= 0.3 is 0 Å². The van der Waals surface area contributed by atoms with Crippen molar-refractivity contribution >= 4 is 23.0 Å². The zero-order chi connectivity index (χ0) is 15.6. The van der Waals surface area contributed by atoms with Crippen LogP contribution in [0.5, 0.6) is 0 Å². The molecule has 3 N–H and O–H groups in total. The number of rotatable bonds is 3. The van der Waals surface area contributed by atoms with Crippen molar-refractivity contribution in [3.05, 3.63) is 63.7 Å². The van der Waals surface area contributed by atoms with Gasteiger partial charge in [0.05, 0.1) is 16.2 Å². The van der Waals surface area contributed by atoms with Crippen LogP contribution in [-0.4, -0.2) is 10.8 Å². The summed E-state index contributed by atoms with van der Waals surface area (Å²) in [7, 11) is 0. The van der Waals surface area contributed by atoms with Crippen molar-refractivity contribution < 1.29 is 18.5 Å². The van der Waals surface area contributed by atoms with Gasteiger partial charge in [-0.15, -0.1) is 0 Å². The molecule has 0 bridgehead atoms. The van der Waals surface area contributed by atoms with E-state index in [1.165, 1.54) is 6.07 Å². The van der Waals surface area contributed by atoms with Crippen LogP contribution in [0.1, 0.15) is 10.4 Å². The number of nitrogens with zero attached hydrogens (tertiary/aromatic N) is 1. The minimum absolute atomic E-state index is 0.130. The molecule has 0 unspecified atom stereocenters. The van der Waals surface area contributed by atoms with E-state index in [0.29, 0.717) is 0 Å². The number of carbonyl (C=O) groups is 1. The fraction of sp³-hybridized carbons (Fsp3) is 0. The highest BCUT2D eigenvalue weighted by molar-refractivity contribution is 6.04. The number of carbonyl (C=O) groups excluding carboxylic acids is 1. The van der Waals surface area contributed by atoms with Crippen molar-refractivity contribution in [2.24, 2.45) is 0 Å². The molecule has 0 fully saturated rings. The number of amides is 1. The summed E-state index contributed by atoms with van der Waals surface area (Å²) < 4.78 is 27.1. The number of nitrogen functional groups attached to an aromatic ring is 1. The lowest BCUT2D eigenvalue weighted by Crippen LogP contribution is -2.15. The molecule has 0 aliphatic heterocycles. The highest BCUT2D eigenvalue weighted by Crippen LogP contribution is 2.22. The minimum atomic E-state index is -0.938. The first kappa shape index (κ1) is 14.4. The van der Waals surface area contributed by atoms with E-state index in [1.807, 2.05) is 0 Å². The third kappa shape index (κ3) is 3.11. The van der Waals surface area contributed by atoms with E-state index in [2.05, 4.69) is 5.32 Å². The maximum atomic E-state index is 13.6. The Balaban J connectivity index is 2.31. The average molecular weight is 293 g/mol. The molecule has 0 saturated heterocycles. The van der Waals surface area contributed by atoms with Crippen LogP contribution in [0.3, 0.4) is 0 Å². The van der Waals surface area contributed by atoms with E-state index < -0.39 is 33.8 Å². The van der Waals surface area contributed by atoms with Crippen molar-refractivity contribution in [1.29, 1.82) is 0 Å². The van der Waals surface area contributed by atoms with Crippen LogP contribution in [0.25, 0.3) is 0 Å². The Bertz CT molecular complexity index is 735. The molecule has 8 heteroatoms. The SMILES string of the molecule is Nc1ccc(C(=O)Nc2cc([N+](=O)[O-])ccc2F)c(F)c1. The highest BCUT2D eigenvalue weighted by Gasteiger charge is 2.16. The Kier molecular flexibility index (Phi) is 3.79. The van der Waals surface area contributed by atoms with E-state index in [-0.39, 0.29) is 11.3 Å². The van der Waals surface area contributed by atoms with Gasteiger partial charge in [-0.05, 0) is 24.3 Å². The quantitative estimate of drug-likeness (QED) is 0.516. The molecular formula is C13H9F2N3O3. The van der Waals surface area contributed by atoms with Gasteiger partial charge in [-0.25, -0.2) is 8.78 Å². The Morgan fingerprint density at radius 2 is 1.86 bits per heavy atom. The lowest BCUT2D eigenvalue weighted by Gasteiger charge is -2.07. The summed E-state index contributed by atoms with van der Waals surface area (Å²) in [5, 5.41) is 12.7. The molecular weight excluding hydrogens is 284 g/mol. The summed E-state index contributed by atoms with van der Waals surface area (Å²) in [5.74, 6) is -2.69. The van der Waals surface area contributed by atoms with Crippen LogP contribution in [0.15, 0.2) is 36.4 Å². The Morgan fingerprint density at radius 3 is 2.48 bits per heavy atom. The number of non-ortho nitro benzene ring substituents is 1. The van der Waals surface area contributed by atoms with Gasteiger partial charge in [-0.3, -0.25) is 14.9 Å². The lowest BCUT2D eigenvalue weighted by molar-refractivity contribution is -0.384. The van der Waals surface area contributed by atoms with Crippen LogP contribution in [-0.2, 0) is 0 Å². The Hall–Kier alpha value is -3.03. The fourth-order valence-corrected chi connectivity index (χ4v) is 1.63. The van der Waals surface area contributed by atoms with Crippen LogP contribution in [0.2, 0.25) is 0 Å². The van der Waals surface area contributed by atoms with Crippen molar-refractivity contribution in [3.63, 3.8) is 0 Å². The highest BCUT2D eigenvalue weighted by atomic mass is 19.1. The summed E-state index contributed by atoms with van der Waals surface area (Å²) in [6, 6.07) is 6.03. The van der Waals surface area contributed by atoms with Gasteiger partial charge < -0.3 is 11.1 Å². The van der Waals surface area contributed by atoms with Crippen LogP contribution >= 0.6 is 0 Å². The average Bonchev–Trinajstić information content (AvgIpc) is 2.40. The molecule has 2 aromatic carbocycles. The molecule has 0 radical (unpaired) electrons. The molecule has 0 atom stereocenters. The number of anilines is 2. The molecule has 0 aromatic heterocycles. The second-order valence-corrected chi connectivity index (χ2v) is 4.11. The zero-order valence-electron chi connectivity index (χ0n) is 10.5. The second kappa shape index (κ2) is 5.53. The fourth-order valence-electron chi connectivity index (χ4n) is 1.63. The zero-order valence-corrected chi connectivity index (χ0v) is 10.5. The second-order valence-electron chi connectivity index (χ2n) is 4.11. The van der Waals surface area contributed by atoms with E-state index in [1.54, 1.807) is 0 Å². The molecule has 108 valence electrons. The molecule has 0 saturated carbocycles. The van der Waals surface area contributed by atoms with Crippen molar-refractivity contribution in [2.75, 3.05) is 11.1 Å². The predicted octanol–water partition coefficient (Wildman–Crippen LogP) is 2.71. The van der Waals surface area contributed by atoms with Gasteiger partial charge in [0.2, 0.25) is 0 Å². The number of benzene rings is 2. The van der Waals surface area contributed by atoms with E-state index in [4.69, 9.17) is 5.73 Å². The summed E-state index contributed by atoms with van der Waals surface area (Å²) in [5.41, 5.74) is 4.32. The predicted molar refractivity (Wildman–Crippen MR) is 71.8 cm³/mol. The topological polar surface area (TPSA) is 98.3 Å². The van der Waals surface area contributed by atoms with E-state index in [0.717, 1.165) is 30.3 Å². The number of hydrogen-bond acceptors (Lipinski definition) is 4. The summed E-state index contributed by atoms with van der Waals surface area (Å²) in [6.45, 7) is 0. The van der Waals surface area contributed by atoms with Crippen molar-refractivity contribution in [3.8, 4) is 0 Å². The number of nitro groups is 1. The molecule has 6 nitrogen and oxygen atoms in total. The van der Waals surface area contributed by atoms with E-state index in [9.17, 15) is 23.7 Å². The van der Waals surface area contributed by atoms with Crippen LogP contribution in [0.4, 0.5) is 25.8 Å². The third-order valence-electron chi connectivity index (χ3n) is 2.65. The number of nitro benzene ring substituents is 1. The first-order chi connectivity index (χ1) is 9.88. The number of nitrogens with two attached hydrogens (primary N) is 1. The molecule has 2 aromatic rings. The molecule has 0 aliphatic carbocycles. The molecule has 0 spiro atoms. The maximum absolute atomic E-state index is 13.6. The molecule has 1 amide bonds. The normalized spacial score (nSPS) is 10.2. The standard InChI is InChI=1S/C13H9F2N3O3/c14-10-4-2-8(18(20)21)6-12(10)17-13(19)9-3-1-7(16)5-11(9)15/h1-6H,16H2,(H,17,19). The number of nitrogens with one attached hydrogen (secondary N) is 1. The van der Waals surface area contributed by atoms with E-state index >= 15 is 0 Å². The van der Waals surface area contributed by atoms with Gasteiger partial charge in [0.1, 0.15) is 11.6 Å². The molecule has 0 heterocycles. The first-order valence-corrected chi connectivity index (χ1v) is 5.69. The van der Waals surface area contributed by atoms with Crippen molar-refractivity contribution in [2.45, 2.75) is 0 Å². The maximum Gasteiger partial charge on any atom is 0.271 e. The lowest BCUT2D eigenvalue weighted by atomic mass is 10.1. The molecule has 2 rings (SSSR count). The van der Waals surface area contributed by atoms with Gasteiger partial charge in [0.15, 0.2) is 0 Å². The Labute approximate surface area is 117 Å².